The van der Waals surface area contributed by atoms with Crippen molar-refractivity contribution in [2.24, 2.45) is 0 Å². The first kappa shape index (κ1) is 22.9. The molecule has 4 atom stereocenters. The van der Waals surface area contributed by atoms with Gasteiger partial charge in [-0.05, 0) is 30.5 Å². The molecular weight excluding hydrogens is 414 g/mol. The lowest BCUT2D eigenvalue weighted by molar-refractivity contribution is -0.384. The lowest BCUT2D eigenvalue weighted by Crippen LogP contribution is -2.60. The minimum Gasteiger partial charge on any atom is -0.477 e. The van der Waals surface area contributed by atoms with Crippen LogP contribution in [0.4, 0.5) is 0 Å². The van der Waals surface area contributed by atoms with Crippen molar-refractivity contribution in [3.8, 4) is 5.75 Å². The monoisotopic (exact) mass is 439 g/mol. The Kier molecular flexibility index (Phi) is 6.51. The highest BCUT2D eigenvalue weighted by Crippen LogP contribution is 2.35. The molecule has 0 aliphatic carbocycles. The maximum Gasteiger partial charge on any atom is 0.364 e. The number of aliphatic carboxylic acids is 1. The Labute approximate surface area is 177 Å². The van der Waals surface area contributed by atoms with Crippen molar-refractivity contribution in [3.63, 3.8) is 0 Å². The van der Waals surface area contributed by atoms with E-state index in [1.54, 1.807) is 12.1 Å². The first-order valence-electron chi connectivity index (χ1n) is 9.78. The Morgan fingerprint density at radius 2 is 1.87 bits per heavy atom. The molecule has 11 nitrogen and oxygen atoms in total. The summed E-state index contributed by atoms with van der Waals surface area (Å²) in [7, 11) is 1.25. The van der Waals surface area contributed by atoms with Gasteiger partial charge in [0.05, 0.1) is 7.11 Å². The van der Waals surface area contributed by atoms with Crippen molar-refractivity contribution < 1.29 is 49.0 Å². The second-order valence-electron chi connectivity index (χ2n) is 7.67. The van der Waals surface area contributed by atoms with Gasteiger partial charge < -0.3 is 35.2 Å². The summed E-state index contributed by atoms with van der Waals surface area (Å²) in [6, 6.07) is 5.49. The van der Waals surface area contributed by atoms with Crippen molar-refractivity contribution in [3.05, 3.63) is 29.8 Å². The number of esters is 1. The molecule has 2 heterocycles. The summed E-state index contributed by atoms with van der Waals surface area (Å²) in [5.41, 5.74) is 0.539. The fourth-order valence-corrected chi connectivity index (χ4v) is 3.70. The van der Waals surface area contributed by atoms with Crippen LogP contribution in [-0.2, 0) is 23.9 Å². The van der Waals surface area contributed by atoms with Crippen molar-refractivity contribution >= 4 is 17.8 Å². The topological polar surface area (TPSA) is 172 Å². The number of methoxy groups -OCH3 is 1. The summed E-state index contributed by atoms with van der Waals surface area (Å²) in [4.78, 5) is 35.3. The fraction of sp³-hybridized carbons (Fsp3) is 0.550. The van der Waals surface area contributed by atoms with Gasteiger partial charge in [0.1, 0.15) is 11.7 Å². The maximum atomic E-state index is 12.4. The highest BCUT2D eigenvalue weighted by molar-refractivity contribution is 5.82. The molecule has 4 unspecified atom stereocenters. The number of benzene rings is 1. The fourth-order valence-electron chi connectivity index (χ4n) is 3.70. The van der Waals surface area contributed by atoms with Crippen LogP contribution in [0.25, 0.3) is 0 Å². The van der Waals surface area contributed by atoms with Gasteiger partial charge in [-0.2, -0.15) is 0 Å². The first-order valence-corrected chi connectivity index (χ1v) is 9.78. The molecule has 1 aromatic carbocycles. The molecule has 2 aliphatic heterocycles. The number of carboxylic acids is 1. The van der Waals surface area contributed by atoms with Crippen molar-refractivity contribution in [1.82, 2.24) is 5.32 Å². The van der Waals surface area contributed by atoms with E-state index in [0.29, 0.717) is 24.8 Å². The molecular formula is C20H25NO10. The molecule has 5 N–H and O–H groups in total. The second-order valence-corrected chi connectivity index (χ2v) is 7.67. The molecule has 1 aromatic rings. The van der Waals surface area contributed by atoms with Crippen molar-refractivity contribution in [2.75, 3.05) is 7.11 Å². The number of hydrogen-bond acceptors (Lipinski definition) is 9. The molecule has 31 heavy (non-hydrogen) atoms. The van der Waals surface area contributed by atoms with Crippen LogP contribution in [0.2, 0.25) is 0 Å². The highest BCUT2D eigenvalue weighted by Gasteiger charge is 2.53. The van der Waals surface area contributed by atoms with E-state index in [2.05, 4.69) is 5.32 Å². The zero-order chi connectivity index (χ0) is 22.8. The average molecular weight is 439 g/mol. The molecule has 2 saturated heterocycles. The molecule has 0 radical (unpaired) electrons. The van der Waals surface area contributed by atoms with E-state index in [4.69, 9.17) is 19.3 Å². The van der Waals surface area contributed by atoms with Crippen LogP contribution in [0.1, 0.15) is 43.6 Å². The molecule has 0 saturated carbocycles. The van der Waals surface area contributed by atoms with Crippen molar-refractivity contribution in [1.29, 1.82) is 0 Å². The van der Waals surface area contributed by atoms with E-state index in [1.807, 2.05) is 0 Å². The van der Waals surface area contributed by atoms with Gasteiger partial charge in [0, 0.05) is 25.3 Å². The third-order valence-electron chi connectivity index (χ3n) is 5.45. The Morgan fingerprint density at radius 1 is 1.19 bits per heavy atom. The van der Waals surface area contributed by atoms with Crippen LogP contribution in [0.15, 0.2) is 24.3 Å². The van der Waals surface area contributed by atoms with E-state index >= 15 is 0 Å². The molecule has 2 aliphatic rings. The van der Waals surface area contributed by atoms with E-state index < -0.39 is 54.6 Å². The predicted octanol–water partition coefficient (Wildman–Crippen LogP) is -0.419. The van der Waals surface area contributed by atoms with E-state index in [-0.39, 0.29) is 11.7 Å². The molecule has 0 spiro atoms. The van der Waals surface area contributed by atoms with Gasteiger partial charge in [-0.1, -0.05) is 12.1 Å². The number of rotatable bonds is 6. The van der Waals surface area contributed by atoms with Gasteiger partial charge in [-0.15, -0.1) is 0 Å². The normalized spacial score (nSPS) is 28.8. The third kappa shape index (κ3) is 4.96. The average Bonchev–Trinajstić information content (AvgIpc) is 2.72. The SMILES string of the molecule is COC(=O)C(c1ccc(OC2OC(O)(C(=O)O)CCC2(O)O)cc1)C1CCCC(=O)N1. The zero-order valence-electron chi connectivity index (χ0n) is 16.8. The van der Waals surface area contributed by atoms with Gasteiger partial charge in [-0.3, -0.25) is 14.3 Å². The molecule has 11 heteroatoms. The molecule has 0 bridgehead atoms. The van der Waals surface area contributed by atoms with Gasteiger partial charge in [0.25, 0.3) is 12.1 Å². The number of ether oxygens (including phenoxy) is 3. The minimum atomic E-state index is -2.62. The number of nitrogens with one attached hydrogen (secondary N) is 1. The minimum absolute atomic E-state index is 0.0761. The number of amides is 1. The number of carbonyl (C=O) groups excluding carboxylic acids is 2. The van der Waals surface area contributed by atoms with Gasteiger partial charge in [0.15, 0.2) is 0 Å². The standard InChI is InChI=1S/C20H25NO10/c1-29-16(23)15(13-3-2-4-14(22)21-13)11-5-7-12(8-6-11)30-18-19(26,27)9-10-20(28,31-18)17(24)25/h5-8,13,15,18,26-28H,2-4,9-10H2,1H3,(H,21,22)(H,24,25). The Morgan fingerprint density at radius 3 is 2.45 bits per heavy atom. The predicted molar refractivity (Wildman–Crippen MR) is 101 cm³/mol. The van der Waals surface area contributed by atoms with Crippen LogP contribution >= 0.6 is 0 Å². The van der Waals surface area contributed by atoms with E-state index in [1.165, 1.54) is 19.2 Å². The van der Waals surface area contributed by atoms with Crippen LogP contribution in [-0.4, -0.2) is 69.3 Å². The summed E-state index contributed by atoms with van der Waals surface area (Å²) in [6.07, 6.45) is -1.27. The van der Waals surface area contributed by atoms with E-state index in [9.17, 15) is 29.7 Å². The van der Waals surface area contributed by atoms with Gasteiger partial charge >= 0.3 is 11.9 Å². The molecule has 2 fully saturated rings. The number of piperidine rings is 1. The molecule has 3 rings (SSSR count). The Bertz CT molecular complexity index is 839. The van der Waals surface area contributed by atoms with E-state index in [0.717, 1.165) is 0 Å². The largest absolute Gasteiger partial charge is 0.477 e. The Balaban J connectivity index is 1.78. The first-order chi connectivity index (χ1) is 14.6. The third-order valence-corrected chi connectivity index (χ3v) is 5.45. The van der Waals surface area contributed by atoms with Crippen molar-refractivity contribution in [2.45, 2.75) is 61.9 Å². The van der Waals surface area contributed by atoms with Crippen LogP contribution in [0.5, 0.6) is 5.75 Å². The summed E-state index contributed by atoms with van der Waals surface area (Å²) in [5.74, 6) is -8.16. The summed E-state index contributed by atoms with van der Waals surface area (Å²) < 4.78 is 15.2. The second kappa shape index (κ2) is 8.79. The highest BCUT2D eigenvalue weighted by atomic mass is 16.8. The summed E-state index contributed by atoms with van der Waals surface area (Å²) >= 11 is 0. The van der Waals surface area contributed by atoms with Crippen LogP contribution < -0.4 is 10.1 Å². The van der Waals surface area contributed by atoms with Gasteiger partial charge in [-0.25, -0.2) is 4.79 Å². The van der Waals surface area contributed by atoms with Crippen LogP contribution in [0, 0.1) is 0 Å². The lowest BCUT2D eigenvalue weighted by Gasteiger charge is -2.41. The molecule has 1 amide bonds. The number of hydrogen-bond donors (Lipinski definition) is 5. The summed E-state index contributed by atoms with van der Waals surface area (Å²) in [5, 5.41) is 42.0. The number of carbonyl (C=O) groups is 3. The number of aliphatic hydroxyl groups is 3. The van der Waals surface area contributed by atoms with Gasteiger partial charge in [0.2, 0.25) is 11.7 Å². The smallest absolute Gasteiger partial charge is 0.364 e. The zero-order valence-corrected chi connectivity index (χ0v) is 16.8. The lowest BCUT2D eigenvalue weighted by atomic mass is 9.86. The number of carboxylic acid groups (broad SMARTS) is 1. The van der Waals surface area contributed by atoms with Crippen LogP contribution in [0.3, 0.4) is 0 Å². The molecule has 170 valence electrons. The molecule has 0 aromatic heterocycles. The Hall–Kier alpha value is -2.73. The quantitative estimate of drug-likeness (QED) is 0.289. The summed E-state index contributed by atoms with van der Waals surface area (Å²) in [6.45, 7) is 0. The maximum absolute atomic E-state index is 12.4.